The molecule has 7 N–H and O–H groups in total. The molecule has 0 spiro atoms. The number of carboxylic acids is 1. The Morgan fingerprint density at radius 2 is 1.22 bits per heavy atom. The minimum Gasteiger partial charge on any atom is -0.507 e. The topological polar surface area (TPSA) is 230 Å². The van der Waals surface area contributed by atoms with Crippen molar-refractivity contribution in [3.8, 4) is 17.2 Å². The fourth-order valence-corrected chi connectivity index (χ4v) is 3.34. The molecule has 2 unspecified atom stereocenters. The summed E-state index contributed by atoms with van der Waals surface area (Å²) in [6.45, 7) is 3.32. The van der Waals surface area contributed by atoms with Gasteiger partial charge in [0.2, 0.25) is 0 Å². The molecular weight excluding hydrogens is 596 g/mol. The summed E-state index contributed by atoms with van der Waals surface area (Å²) in [5.74, 6) is -3.52. The Balaban J connectivity index is 0.000000340. The predicted molar refractivity (Wildman–Crippen MR) is 158 cm³/mol. The largest absolute Gasteiger partial charge is 0.507 e. The summed E-state index contributed by atoms with van der Waals surface area (Å²) in [5, 5.41) is 60.5. The summed E-state index contributed by atoms with van der Waals surface area (Å²) in [6, 6.07) is 18.0. The Morgan fingerprint density at radius 1 is 0.800 bits per heavy atom. The molecule has 45 heavy (non-hydrogen) atoms. The van der Waals surface area contributed by atoms with Gasteiger partial charge in [-0.1, -0.05) is 36.4 Å². The highest BCUT2D eigenvalue weighted by Crippen LogP contribution is 2.23. The summed E-state index contributed by atoms with van der Waals surface area (Å²) in [5.41, 5.74) is 0.112. The number of hydrogen-bond acceptors (Lipinski definition) is 13. The van der Waals surface area contributed by atoms with E-state index in [0.29, 0.717) is 6.61 Å². The molecule has 2 atom stereocenters. The van der Waals surface area contributed by atoms with Crippen molar-refractivity contribution in [1.82, 2.24) is 0 Å². The van der Waals surface area contributed by atoms with E-state index in [2.05, 4.69) is 4.74 Å². The molecule has 0 bridgehead atoms. The van der Waals surface area contributed by atoms with Crippen LogP contribution < -0.4 is 0 Å². The van der Waals surface area contributed by atoms with Crippen molar-refractivity contribution in [1.29, 1.82) is 0 Å². The molecule has 1 heterocycles. The first-order chi connectivity index (χ1) is 21.3. The normalized spacial score (nSPS) is 14.9. The van der Waals surface area contributed by atoms with Crippen LogP contribution in [0.2, 0.25) is 0 Å². The minimum atomic E-state index is -1.11. The van der Waals surface area contributed by atoms with Crippen molar-refractivity contribution in [2.75, 3.05) is 33.5 Å². The summed E-state index contributed by atoms with van der Waals surface area (Å²) < 4.78 is 20.6. The number of carboxylic acid groups (broad SMARTS) is 1. The van der Waals surface area contributed by atoms with Crippen molar-refractivity contribution in [3.63, 3.8) is 0 Å². The number of esters is 2. The van der Waals surface area contributed by atoms with Crippen molar-refractivity contribution in [2.45, 2.75) is 31.8 Å². The van der Waals surface area contributed by atoms with Gasteiger partial charge in [-0.2, -0.15) is 0 Å². The van der Waals surface area contributed by atoms with Crippen molar-refractivity contribution >= 4 is 17.9 Å². The van der Waals surface area contributed by atoms with E-state index in [1.165, 1.54) is 36.4 Å². The third-order valence-corrected chi connectivity index (χ3v) is 5.47. The third-order valence-electron chi connectivity index (χ3n) is 5.47. The van der Waals surface area contributed by atoms with Crippen LogP contribution in [0.3, 0.4) is 0 Å². The van der Waals surface area contributed by atoms with Crippen molar-refractivity contribution < 1.29 is 69.1 Å². The van der Waals surface area contributed by atoms with Crippen LogP contribution in [0, 0.1) is 0 Å². The van der Waals surface area contributed by atoms with E-state index in [9.17, 15) is 24.6 Å². The molecule has 1 aliphatic rings. The predicted octanol–water partition coefficient (Wildman–Crippen LogP) is 2.30. The lowest BCUT2D eigenvalue weighted by Gasteiger charge is -2.17. The summed E-state index contributed by atoms with van der Waals surface area (Å²) >= 11 is 0. The van der Waals surface area contributed by atoms with E-state index >= 15 is 0 Å². The lowest BCUT2D eigenvalue weighted by Crippen LogP contribution is -2.25. The van der Waals surface area contributed by atoms with Crippen LogP contribution in [0.15, 0.2) is 72.8 Å². The van der Waals surface area contributed by atoms with Gasteiger partial charge in [0.05, 0.1) is 13.2 Å². The number of hydrogen-bond donors (Lipinski definition) is 7. The van der Waals surface area contributed by atoms with Crippen LogP contribution in [0.1, 0.15) is 44.9 Å². The fourth-order valence-electron chi connectivity index (χ4n) is 3.34. The molecule has 14 nitrogen and oxygen atoms in total. The maximum atomic E-state index is 11.7. The first kappa shape index (κ1) is 38.3. The number of aliphatic hydroxyl groups is 3. The average Bonchev–Trinajstić information content (AvgIpc) is 3.38. The van der Waals surface area contributed by atoms with Crippen molar-refractivity contribution in [2.24, 2.45) is 0 Å². The van der Waals surface area contributed by atoms with Crippen LogP contribution in [0.25, 0.3) is 0 Å². The molecule has 3 aromatic rings. The van der Waals surface area contributed by atoms with Gasteiger partial charge in [0, 0.05) is 7.11 Å². The highest BCUT2D eigenvalue weighted by molar-refractivity contribution is 5.93. The SMILES string of the molecule is CC1(C)OCC(COC(=O)c2ccccc2O)O1.CO.O=C(O)c1ccccc1O.O=C(OCC(O)CO)c1ccccc1O. The number of phenolic OH excluding ortho intramolecular Hbond substituents is 2. The Labute approximate surface area is 259 Å². The first-order valence-corrected chi connectivity index (χ1v) is 13.3. The zero-order chi connectivity index (χ0) is 34.0. The summed E-state index contributed by atoms with van der Waals surface area (Å²) in [6.07, 6.45) is -1.37. The lowest BCUT2D eigenvalue weighted by molar-refractivity contribution is -0.142. The van der Waals surface area contributed by atoms with Gasteiger partial charge in [0.25, 0.3) is 0 Å². The molecule has 3 aromatic carbocycles. The van der Waals surface area contributed by atoms with E-state index in [0.717, 1.165) is 7.11 Å². The van der Waals surface area contributed by atoms with E-state index in [1.807, 2.05) is 0 Å². The molecule has 0 radical (unpaired) electrons. The molecule has 0 aliphatic carbocycles. The van der Waals surface area contributed by atoms with Crippen LogP contribution >= 0.6 is 0 Å². The Hall–Kier alpha value is -4.73. The zero-order valence-corrected chi connectivity index (χ0v) is 24.9. The Morgan fingerprint density at radius 3 is 1.58 bits per heavy atom. The maximum absolute atomic E-state index is 11.7. The molecule has 0 aromatic heterocycles. The number of aliphatic hydroxyl groups excluding tert-OH is 3. The second-order valence-corrected chi connectivity index (χ2v) is 9.34. The van der Waals surface area contributed by atoms with Crippen LogP contribution in [-0.4, -0.2) is 105 Å². The third kappa shape index (κ3) is 13.6. The van der Waals surface area contributed by atoms with E-state index in [-0.39, 0.29) is 53.3 Å². The maximum Gasteiger partial charge on any atom is 0.342 e. The molecule has 1 fully saturated rings. The standard InChI is InChI=1S/C13H16O5.C10H12O5.C7H6O3.CH4O/c1-13(2)17-8-9(18-13)7-16-12(15)10-5-3-4-6-11(10)14;11-5-7(12)6-15-10(14)8-3-1-2-4-9(8)13;8-6-4-2-1-3-5(6)7(9)10;1-2/h3-6,9,14H,7-8H2,1-2H3;1-4,7,11-13H,5-6H2;1-4,8H,(H,9,10);2H,1H3. The number of carbonyl (C=O) groups is 3. The second kappa shape index (κ2) is 19.5. The number of para-hydroxylation sites is 3. The van der Waals surface area contributed by atoms with Gasteiger partial charge in [-0.05, 0) is 50.2 Å². The molecule has 0 saturated carbocycles. The Kier molecular flexibility index (Phi) is 16.6. The van der Waals surface area contributed by atoms with Gasteiger partial charge in [-0.25, -0.2) is 14.4 Å². The highest BCUT2D eigenvalue weighted by atomic mass is 16.7. The Bertz CT molecular complexity index is 1360. The molecule has 4 rings (SSSR count). The second-order valence-electron chi connectivity index (χ2n) is 9.34. The molecule has 246 valence electrons. The van der Waals surface area contributed by atoms with Crippen LogP contribution in [0.4, 0.5) is 0 Å². The van der Waals surface area contributed by atoms with Gasteiger partial charge in [-0.3, -0.25) is 0 Å². The monoisotopic (exact) mass is 634 g/mol. The van der Waals surface area contributed by atoms with Gasteiger partial charge in [0.1, 0.15) is 59.4 Å². The number of ether oxygens (including phenoxy) is 4. The van der Waals surface area contributed by atoms with Gasteiger partial charge < -0.3 is 54.7 Å². The number of phenols is 3. The van der Waals surface area contributed by atoms with E-state index in [1.54, 1.807) is 50.2 Å². The number of rotatable bonds is 8. The highest BCUT2D eigenvalue weighted by Gasteiger charge is 2.33. The average molecular weight is 635 g/mol. The summed E-state index contributed by atoms with van der Waals surface area (Å²) in [7, 11) is 1.00. The van der Waals surface area contributed by atoms with Gasteiger partial charge in [0.15, 0.2) is 5.79 Å². The van der Waals surface area contributed by atoms with Gasteiger partial charge in [-0.15, -0.1) is 0 Å². The fraction of sp³-hybridized carbons (Fsp3) is 0.323. The first-order valence-electron chi connectivity index (χ1n) is 13.3. The smallest absolute Gasteiger partial charge is 0.342 e. The number of carbonyl (C=O) groups excluding carboxylic acids is 2. The lowest BCUT2D eigenvalue weighted by atomic mass is 10.2. The molecule has 1 saturated heterocycles. The van der Waals surface area contributed by atoms with Crippen LogP contribution in [0.5, 0.6) is 17.2 Å². The minimum absolute atomic E-state index is 0.0302. The number of aromatic hydroxyl groups is 3. The molecule has 14 heteroatoms. The molecule has 0 amide bonds. The molecular formula is C31H38O14. The van der Waals surface area contributed by atoms with E-state index < -0.39 is 36.4 Å². The zero-order valence-electron chi connectivity index (χ0n) is 24.9. The van der Waals surface area contributed by atoms with Gasteiger partial charge >= 0.3 is 17.9 Å². The quantitative estimate of drug-likeness (QED) is 0.176. The molecule has 1 aliphatic heterocycles. The van der Waals surface area contributed by atoms with Crippen LogP contribution in [-0.2, 0) is 18.9 Å². The number of benzene rings is 3. The number of aromatic carboxylic acids is 1. The van der Waals surface area contributed by atoms with E-state index in [4.69, 9.17) is 39.7 Å². The van der Waals surface area contributed by atoms with Crippen molar-refractivity contribution in [3.05, 3.63) is 89.5 Å². The summed E-state index contributed by atoms with van der Waals surface area (Å²) in [4.78, 5) is 33.3.